The Morgan fingerprint density at radius 1 is 1.07 bits per heavy atom. The molecule has 0 aliphatic heterocycles. The van der Waals surface area contributed by atoms with Crippen LogP contribution >= 0.6 is 11.3 Å². The second-order valence-corrected chi connectivity index (χ2v) is 7.51. The summed E-state index contributed by atoms with van der Waals surface area (Å²) in [6.07, 6.45) is 0. The number of methoxy groups -OCH3 is 1. The zero-order chi connectivity index (χ0) is 20.8. The first kappa shape index (κ1) is 20.6. The highest BCUT2D eigenvalue weighted by Gasteiger charge is 2.22. The molecule has 0 saturated heterocycles. The van der Waals surface area contributed by atoms with Crippen LogP contribution in [-0.4, -0.2) is 25.6 Å². The molecule has 1 aromatic heterocycles. The minimum atomic E-state index is -0.444. The first-order chi connectivity index (χ1) is 14.0. The molecule has 1 atom stereocenters. The van der Waals surface area contributed by atoms with E-state index in [-0.39, 0.29) is 18.4 Å². The summed E-state index contributed by atoms with van der Waals surface area (Å²) in [5.41, 5.74) is 1.99. The molecule has 1 N–H and O–H groups in total. The molecule has 29 heavy (non-hydrogen) atoms. The van der Waals surface area contributed by atoms with Crippen molar-refractivity contribution in [3.05, 3.63) is 82.2 Å². The van der Waals surface area contributed by atoms with E-state index < -0.39 is 5.97 Å². The van der Waals surface area contributed by atoms with Crippen molar-refractivity contribution in [2.24, 2.45) is 0 Å². The van der Waals surface area contributed by atoms with Crippen LogP contribution in [0.4, 0.5) is 5.00 Å². The molecular formula is C23H23NO4S. The van der Waals surface area contributed by atoms with E-state index in [4.69, 9.17) is 9.47 Å². The summed E-state index contributed by atoms with van der Waals surface area (Å²) >= 11 is 1.39. The van der Waals surface area contributed by atoms with Gasteiger partial charge in [0.05, 0.1) is 19.3 Å². The second kappa shape index (κ2) is 9.39. The number of esters is 1. The van der Waals surface area contributed by atoms with Crippen LogP contribution in [0, 0.1) is 0 Å². The Kier molecular flexibility index (Phi) is 6.67. The van der Waals surface area contributed by atoms with Crippen molar-refractivity contribution < 1.29 is 19.1 Å². The smallest absolute Gasteiger partial charge is 0.341 e. The van der Waals surface area contributed by atoms with E-state index in [2.05, 4.69) is 12.2 Å². The van der Waals surface area contributed by atoms with Gasteiger partial charge in [-0.05, 0) is 42.8 Å². The SMILES string of the molecule is CCOC(=O)c1cc([C@H](C)c2ccccc2)sc1NC(=O)c1ccc(OC)cc1. The molecule has 3 aromatic rings. The Bertz CT molecular complexity index is 980. The molecule has 6 heteroatoms. The molecule has 0 saturated carbocycles. The lowest BCUT2D eigenvalue weighted by Gasteiger charge is -2.09. The molecular weight excluding hydrogens is 386 g/mol. The van der Waals surface area contributed by atoms with Crippen LogP contribution in [-0.2, 0) is 4.74 Å². The Labute approximate surface area is 174 Å². The molecule has 0 bridgehead atoms. The van der Waals surface area contributed by atoms with E-state index in [1.807, 2.05) is 36.4 Å². The average Bonchev–Trinajstić information content (AvgIpc) is 3.18. The highest BCUT2D eigenvalue weighted by atomic mass is 32.1. The number of ether oxygens (including phenoxy) is 2. The van der Waals surface area contributed by atoms with E-state index in [9.17, 15) is 9.59 Å². The van der Waals surface area contributed by atoms with Gasteiger partial charge in [0, 0.05) is 16.4 Å². The van der Waals surface area contributed by atoms with Crippen molar-refractivity contribution in [2.75, 3.05) is 19.0 Å². The van der Waals surface area contributed by atoms with Gasteiger partial charge in [-0.25, -0.2) is 4.79 Å². The van der Waals surface area contributed by atoms with Crippen molar-refractivity contribution in [3.8, 4) is 5.75 Å². The number of anilines is 1. The second-order valence-electron chi connectivity index (χ2n) is 6.43. The van der Waals surface area contributed by atoms with Crippen LogP contribution in [0.2, 0.25) is 0 Å². The van der Waals surface area contributed by atoms with Gasteiger partial charge in [-0.1, -0.05) is 37.3 Å². The zero-order valence-electron chi connectivity index (χ0n) is 16.6. The number of thiophene rings is 1. The molecule has 0 unspecified atom stereocenters. The average molecular weight is 410 g/mol. The van der Waals surface area contributed by atoms with Crippen LogP contribution in [0.1, 0.15) is 50.9 Å². The lowest BCUT2D eigenvalue weighted by molar-refractivity contribution is 0.0528. The van der Waals surface area contributed by atoms with E-state index in [1.165, 1.54) is 11.3 Å². The quantitative estimate of drug-likeness (QED) is 0.535. The summed E-state index contributed by atoms with van der Waals surface area (Å²) in [5, 5.41) is 3.36. The third-order valence-electron chi connectivity index (χ3n) is 4.55. The van der Waals surface area contributed by atoms with Crippen LogP contribution in [0.15, 0.2) is 60.7 Å². The Morgan fingerprint density at radius 2 is 1.76 bits per heavy atom. The number of carbonyl (C=O) groups is 2. The number of hydrogen-bond acceptors (Lipinski definition) is 5. The fraction of sp³-hybridized carbons (Fsp3) is 0.217. The molecule has 0 aliphatic carbocycles. The third kappa shape index (κ3) is 4.84. The summed E-state index contributed by atoms with van der Waals surface area (Å²) in [6, 6.07) is 18.6. The Balaban J connectivity index is 1.90. The molecule has 5 nitrogen and oxygen atoms in total. The summed E-state index contributed by atoms with van der Waals surface area (Å²) < 4.78 is 10.3. The Hall–Kier alpha value is -3.12. The maximum absolute atomic E-state index is 12.7. The van der Waals surface area contributed by atoms with Gasteiger partial charge in [0.15, 0.2) is 0 Å². The lowest BCUT2D eigenvalue weighted by atomic mass is 9.99. The Morgan fingerprint density at radius 3 is 2.38 bits per heavy atom. The minimum Gasteiger partial charge on any atom is -0.497 e. The molecule has 1 amide bonds. The highest BCUT2D eigenvalue weighted by Crippen LogP contribution is 2.36. The fourth-order valence-corrected chi connectivity index (χ4v) is 4.02. The maximum Gasteiger partial charge on any atom is 0.341 e. The van der Waals surface area contributed by atoms with Gasteiger partial charge in [0.25, 0.3) is 5.91 Å². The van der Waals surface area contributed by atoms with E-state index in [1.54, 1.807) is 38.3 Å². The summed E-state index contributed by atoms with van der Waals surface area (Å²) in [4.78, 5) is 26.1. The highest BCUT2D eigenvalue weighted by molar-refractivity contribution is 7.16. The summed E-state index contributed by atoms with van der Waals surface area (Å²) in [7, 11) is 1.57. The van der Waals surface area contributed by atoms with Crippen molar-refractivity contribution in [1.82, 2.24) is 0 Å². The molecule has 3 rings (SSSR count). The largest absolute Gasteiger partial charge is 0.497 e. The molecule has 0 spiro atoms. The molecule has 1 heterocycles. The molecule has 2 aromatic carbocycles. The number of rotatable bonds is 7. The first-order valence-corrected chi connectivity index (χ1v) is 10.2. The number of amides is 1. The predicted molar refractivity (Wildman–Crippen MR) is 115 cm³/mol. The van der Waals surface area contributed by atoms with Gasteiger partial charge >= 0.3 is 5.97 Å². The maximum atomic E-state index is 12.7. The summed E-state index contributed by atoms with van der Waals surface area (Å²) in [6.45, 7) is 4.10. The van der Waals surface area contributed by atoms with Gasteiger partial charge in [-0.15, -0.1) is 11.3 Å². The van der Waals surface area contributed by atoms with Gasteiger partial charge < -0.3 is 14.8 Å². The summed E-state index contributed by atoms with van der Waals surface area (Å²) in [5.74, 6) is 0.0177. The van der Waals surface area contributed by atoms with Crippen LogP contribution in [0.3, 0.4) is 0 Å². The predicted octanol–water partition coefficient (Wildman–Crippen LogP) is 5.34. The number of hydrogen-bond donors (Lipinski definition) is 1. The normalized spacial score (nSPS) is 11.6. The number of carbonyl (C=O) groups excluding carboxylic acids is 2. The van der Waals surface area contributed by atoms with Crippen LogP contribution in [0.5, 0.6) is 5.75 Å². The van der Waals surface area contributed by atoms with E-state index in [0.29, 0.717) is 21.9 Å². The fourth-order valence-electron chi connectivity index (χ4n) is 2.90. The zero-order valence-corrected chi connectivity index (χ0v) is 17.4. The minimum absolute atomic E-state index is 0.0843. The molecule has 0 aliphatic rings. The molecule has 0 fully saturated rings. The van der Waals surface area contributed by atoms with Crippen LogP contribution < -0.4 is 10.1 Å². The topological polar surface area (TPSA) is 64.6 Å². The van der Waals surface area contributed by atoms with E-state index >= 15 is 0 Å². The molecule has 150 valence electrons. The van der Waals surface area contributed by atoms with Gasteiger partial charge in [-0.3, -0.25) is 4.79 Å². The number of benzene rings is 2. The number of nitrogens with one attached hydrogen (secondary N) is 1. The van der Waals surface area contributed by atoms with Gasteiger partial charge in [0.2, 0.25) is 0 Å². The third-order valence-corrected chi connectivity index (χ3v) is 5.79. The monoisotopic (exact) mass is 409 g/mol. The van der Waals surface area contributed by atoms with Crippen LogP contribution in [0.25, 0.3) is 0 Å². The first-order valence-electron chi connectivity index (χ1n) is 9.34. The van der Waals surface area contributed by atoms with E-state index in [0.717, 1.165) is 10.4 Å². The van der Waals surface area contributed by atoms with Crippen molar-refractivity contribution in [1.29, 1.82) is 0 Å². The lowest BCUT2D eigenvalue weighted by Crippen LogP contribution is -2.14. The van der Waals surface area contributed by atoms with Crippen molar-refractivity contribution >= 4 is 28.2 Å². The van der Waals surface area contributed by atoms with Crippen molar-refractivity contribution in [3.63, 3.8) is 0 Å². The van der Waals surface area contributed by atoms with Gasteiger partial charge in [-0.2, -0.15) is 0 Å². The molecule has 0 radical (unpaired) electrons. The standard InChI is InChI=1S/C23H23NO4S/c1-4-28-23(26)19-14-20(15(2)16-8-6-5-7-9-16)29-22(19)24-21(25)17-10-12-18(27-3)13-11-17/h5-15H,4H2,1-3H3,(H,24,25)/t15-/m1/s1. The van der Waals surface area contributed by atoms with Gasteiger partial charge in [0.1, 0.15) is 10.8 Å². The van der Waals surface area contributed by atoms with Crippen molar-refractivity contribution in [2.45, 2.75) is 19.8 Å².